The van der Waals surface area contributed by atoms with Gasteiger partial charge < -0.3 is 14.8 Å². The van der Waals surface area contributed by atoms with Crippen LogP contribution in [0.3, 0.4) is 0 Å². The van der Waals surface area contributed by atoms with Crippen molar-refractivity contribution in [2.24, 2.45) is 5.10 Å². The summed E-state index contributed by atoms with van der Waals surface area (Å²) in [5.41, 5.74) is 4.49. The fourth-order valence-electron chi connectivity index (χ4n) is 3.08. The molecule has 186 valence electrons. The van der Waals surface area contributed by atoms with E-state index in [9.17, 15) is 14.4 Å². The van der Waals surface area contributed by atoms with Crippen molar-refractivity contribution in [2.45, 2.75) is 20.3 Å². The molecule has 0 aliphatic rings. The third kappa shape index (κ3) is 7.78. The minimum atomic E-state index is -0.544. The van der Waals surface area contributed by atoms with E-state index in [0.29, 0.717) is 29.0 Å². The van der Waals surface area contributed by atoms with Gasteiger partial charge in [0.15, 0.2) is 0 Å². The first-order chi connectivity index (χ1) is 17.4. The molecule has 0 fully saturated rings. The minimum Gasteiger partial charge on any atom is -0.494 e. The van der Waals surface area contributed by atoms with Crippen molar-refractivity contribution in [1.29, 1.82) is 0 Å². The topological polar surface area (TPSA) is 106 Å². The number of nitrogens with one attached hydrogen (secondary N) is 2. The molecule has 0 spiro atoms. The smallest absolute Gasteiger partial charge is 0.343 e. The van der Waals surface area contributed by atoms with Gasteiger partial charge in [-0.1, -0.05) is 41.1 Å². The van der Waals surface area contributed by atoms with Crippen LogP contribution in [0.4, 0.5) is 0 Å². The summed E-state index contributed by atoms with van der Waals surface area (Å²) in [5.74, 6) is -0.460. The Morgan fingerprint density at radius 3 is 2.50 bits per heavy atom. The van der Waals surface area contributed by atoms with Gasteiger partial charge in [-0.15, -0.1) is 0 Å². The Balaban J connectivity index is 1.58. The molecule has 0 saturated carbocycles. The van der Waals surface area contributed by atoms with Crippen LogP contribution in [-0.2, 0) is 4.79 Å². The Kier molecular flexibility index (Phi) is 9.76. The fourth-order valence-corrected chi connectivity index (χ4v) is 3.45. The second kappa shape index (κ2) is 13.2. The van der Waals surface area contributed by atoms with Crippen molar-refractivity contribution in [3.05, 3.63) is 93.5 Å². The molecule has 0 aliphatic carbocycles. The van der Waals surface area contributed by atoms with Gasteiger partial charge in [-0.3, -0.25) is 9.59 Å². The summed E-state index contributed by atoms with van der Waals surface area (Å²) in [6, 6.07) is 18.8. The van der Waals surface area contributed by atoms with E-state index in [1.54, 1.807) is 54.6 Å². The maximum atomic E-state index is 12.6. The lowest BCUT2D eigenvalue weighted by molar-refractivity contribution is -0.120. The van der Waals surface area contributed by atoms with E-state index in [2.05, 4.69) is 31.8 Å². The molecule has 0 radical (unpaired) electrons. The second-order valence-corrected chi connectivity index (χ2v) is 8.65. The molecule has 2 amide bonds. The van der Waals surface area contributed by atoms with Crippen molar-refractivity contribution >= 4 is 39.9 Å². The zero-order chi connectivity index (χ0) is 25.9. The summed E-state index contributed by atoms with van der Waals surface area (Å²) in [7, 11) is 0. The summed E-state index contributed by atoms with van der Waals surface area (Å²) >= 11 is 3.37. The van der Waals surface area contributed by atoms with Gasteiger partial charge >= 0.3 is 5.97 Å². The standard InChI is InChI=1S/C27H26BrN3O5/c1-3-14-35-22-11-8-19(9-12-22)27(34)36-24-13-10-21(28)15-20(24)16-30-31-25(32)17-29-26(33)23-7-5-4-6-18(23)2/h4-13,15-16H,3,14,17H2,1-2H3,(H,29,33)(H,31,32). The Bertz CT molecular complexity index is 1260. The number of esters is 1. The van der Waals surface area contributed by atoms with Crippen molar-refractivity contribution in [1.82, 2.24) is 10.7 Å². The first kappa shape index (κ1) is 26.6. The van der Waals surface area contributed by atoms with Crippen molar-refractivity contribution in [2.75, 3.05) is 13.2 Å². The highest BCUT2D eigenvalue weighted by Gasteiger charge is 2.13. The zero-order valence-corrected chi connectivity index (χ0v) is 21.5. The molecule has 0 saturated heterocycles. The monoisotopic (exact) mass is 551 g/mol. The van der Waals surface area contributed by atoms with E-state index in [4.69, 9.17) is 9.47 Å². The van der Waals surface area contributed by atoms with E-state index in [1.165, 1.54) is 6.21 Å². The summed E-state index contributed by atoms with van der Waals surface area (Å²) in [4.78, 5) is 37.0. The van der Waals surface area contributed by atoms with E-state index in [0.717, 1.165) is 16.5 Å². The van der Waals surface area contributed by atoms with Crippen molar-refractivity contribution < 1.29 is 23.9 Å². The first-order valence-electron chi connectivity index (χ1n) is 11.3. The van der Waals surface area contributed by atoms with Gasteiger partial charge in [0.2, 0.25) is 0 Å². The van der Waals surface area contributed by atoms with E-state index in [-0.39, 0.29) is 18.2 Å². The first-order valence-corrected chi connectivity index (χ1v) is 12.1. The number of hydrogen-bond acceptors (Lipinski definition) is 6. The molecule has 0 bridgehead atoms. The van der Waals surface area contributed by atoms with Crippen LogP contribution < -0.4 is 20.2 Å². The lowest BCUT2D eigenvalue weighted by atomic mass is 10.1. The number of carbonyl (C=O) groups excluding carboxylic acids is 3. The van der Waals surface area contributed by atoms with Gasteiger partial charge in [0.1, 0.15) is 11.5 Å². The lowest BCUT2D eigenvalue weighted by Gasteiger charge is -2.09. The number of hydrogen-bond donors (Lipinski definition) is 2. The highest BCUT2D eigenvalue weighted by molar-refractivity contribution is 9.10. The maximum Gasteiger partial charge on any atom is 0.343 e. The van der Waals surface area contributed by atoms with Crippen LogP contribution >= 0.6 is 15.9 Å². The number of carbonyl (C=O) groups is 3. The zero-order valence-electron chi connectivity index (χ0n) is 19.9. The van der Waals surface area contributed by atoms with Gasteiger partial charge in [-0.05, 0) is 67.4 Å². The molecule has 0 aromatic heterocycles. The number of benzene rings is 3. The summed E-state index contributed by atoms with van der Waals surface area (Å²) in [6.07, 6.45) is 2.25. The van der Waals surface area contributed by atoms with Crippen LogP contribution in [0.2, 0.25) is 0 Å². The normalized spacial score (nSPS) is 10.6. The molecule has 8 nitrogen and oxygen atoms in total. The number of aryl methyl sites for hydroxylation is 1. The van der Waals surface area contributed by atoms with E-state index < -0.39 is 11.9 Å². The molecule has 36 heavy (non-hydrogen) atoms. The predicted molar refractivity (Wildman–Crippen MR) is 141 cm³/mol. The highest BCUT2D eigenvalue weighted by atomic mass is 79.9. The Labute approximate surface area is 217 Å². The van der Waals surface area contributed by atoms with Crippen LogP contribution in [0.5, 0.6) is 11.5 Å². The fraction of sp³-hybridized carbons (Fsp3) is 0.185. The van der Waals surface area contributed by atoms with Crippen molar-refractivity contribution in [3.8, 4) is 11.5 Å². The molecule has 3 rings (SSSR count). The Hall–Kier alpha value is -3.98. The minimum absolute atomic E-state index is 0.247. The largest absolute Gasteiger partial charge is 0.494 e. The molecule has 2 N–H and O–H groups in total. The Morgan fingerprint density at radius 1 is 1.03 bits per heavy atom. The quantitative estimate of drug-likeness (QED) is 0.165. The molecular formula is C27H26BrN3O5. The van der Waals surface area contributed by atoms with Gasteiger partial charge in [0.25, 0.3) is 11.8 Å². The van der Waals surface area contributed by atoms with E-state index >= 15 is 0 Å². The van der Waals surface area contributed by atoms with Crippen LogP contribution in [-0.4, -0.2) is 37.1 Å². The number of halogens is 1. The van der Waals surface area contributed by atoms with E-state index in [1.807, 2.05) is 26.0 Å². The molecule has 3 aromatic rings. The van der Waals surface area contributed by atoms with Crippen LogP contribution in [0.25, 0.3) is 0 Å². The number of hydrazone groups is 1. The summed E-state index contributed by atoms with van der Waals surface area (Å²) in [6.45, 7) is 4.18. The lowest BCUT2D eigenvalue weighted by Crippen LogP contribution is -2.35. The van der Waals surface area contributed by atoms with Crippen molar-refractivity contribution in [3.63, 3.8) is 0 Å². The Morgan fingerprint density at radius 2 is 1.78 bits per heavy atom. The maximum absolute atomic E-state index is 12.6. The average Bonchev–Trinajstić information content (AvgIpc) is 2.88. The summed E-state index contributed by atoms with van der Waals surface area (Å²) < 4.78 is 11.8. The average molecular weight is 552 g/mol. The summed E-state index contributed by atoms with van der Waals surface area (Å²) in [5, 5.41) is 6.48. The third-order valence-electron chi connectivity index (χ3n) is 4.93. The molecule has 0 atom stereocenters. The molecule has 0 aliphatic heterocycles. The SMILES string of the molecule is CCCOc1ccc(C(=O)Oc2ccc(Br)cc2C=NNC(=O)CNC(=O)c2ccccc2C)cc1. The van der Waals surface area contributed by atoms with Crippen LogP contribution in [0.1, 0.15) is 45.2 Å². The van der Waals surface area contributed by atoms with Gasteiger partial charge in [0, 0.05) is 15.6 Å². The molecule has 3 aromatic carbocycles. The molecular weight excluding hydrogens is 526 g/mol. The molecule has 0 unspecified atom stereocenters. The number of amides is 2. The van der Waals surface area contributed by atoms with Gasteiger partial charge in [-0.2, -0.15) is 5.10 Å². The second-order valence-electron chi connectivity index (χ2n) is 7.74. The van der Waals surface area contributed by atoms with Gasteiger partial charge in [-0.25, -0.2) is 10.2 Å². The number of ether oxygens (including phenoxy) is 2. The van der Waals surface area contributed by atoms with Crippen LogP contribution in [0, 0.1) is 6.92 Å². The molecule has 9 heteroatoms. The number of nitrogens with zero attached hydrogens (tertiary/aromatic N) is 1. The molecule has 0 heterocycles. The predicted octanol–water partition coefficient (Wildman–Crippen LogP) is 4.65. The number of rotatable bonds is 10. The van der Waals surface area contributed by atoms with Gasteiger partial charge in [0.05, 0.1) is 24.9 Å². The van der Waals surface area contributed by atoms with Crippen LogP contribution in [0.15, 0.2) is 76.3 Å². The highest BCUT2D eigenvalue weighted by Crippen LogP contribution is 2.23. The third-order valence-corrected chi connectivity index (χ3v) is 5.42.